The van der Waals surface area contributed by atoms with Crippen molar-refractivity contribution in [2.45, 2.75) is 26.5 Å². The van der Waals surface area contributed by atoms with E-state index in [-0.39, 0.29) is 5.82 Å². The van der Waals surface area contributed by atoms with Gasteiger partial charge in [0.2, 0.25) is 0 Å². The summed E-state index contributed by atoms with van der Waals surface area (Å²) in [6.45, 7) is 4.04. The average molecular weight is 483 g/mol. The van der Waals surface area contributed by atoms with Gasteiger partial charge in [-0.2, -0.15) is 0 Å². The Hall–Kier alpha value is -1.98. The maximum atomic E-state index is 13.0. The van der Waals surface area contributed by atoms with Gasteiger partial charge in [0.15, 0.2) is 11.5 Å². The van der Waals surface area contributed by atoms with Crippen molar-refractivity contribution in [2.24, 2.45) is 0 Å². The van der Waals surface area contributed by atoms with Crippen LogP contribution in [0.1, 0.15) is 23.6 Å². The summed E-state index contributed by atoms with van der Waals surface area (Å²) in [6, 6.07) is 15.5. The van der Waals surface area contributed by atoms with E-state index in [9.17, 15) is 4.39 Å². The second-order valence-electron chi connectivity index (χ2n) is 6.91. The quantitative estimate of drug-likeness (QED) is 0.313. The summed E-state index contributed by atoms with van der Waals surface area (Å²) in [4.78, 5) is 0. The van der Waals surface area contributed by atoms with Crippen LogP contribution >= 0.6 is 34.8 Å². The molecule has 0 atom stereocenters. The highest BCUT2D eigenvalue weighted by atomic mass is 35.5. The van der Waals surface area contributed by atoms with Crippen molar-refractivity contribution >= 4 is 34.8 Å². The lowest BCUT2D eigenvalue weighted by molar-refractivity contribution is 0.269. The molecule has 0 amide bonds. The molecular formula is C24H23Cl3FNO2. The van der Waals surface area contributed by atoms with Crippen molar-refractivity contribution in [2.75, 3.05) is 13.2 Å². The number of halogens is 4. The molecule has 164 valence electrons. The first kappa shape index (κ1) is 23.7. The standard InChI is InChI=1S/C24H23Cl3FNO2/c1-2-30-23-12-18(14-29-10-9-16-3-6-19(28)7-4-16)21(26)13-24(23)31-15-17-5-8-20(25)22(27)11-17/h3-8,11-13,29H,2,9-10,14-15H2,1H3. The van der Waals surface area contributed by atoms with Gasteiger partial charge in [0.1, 0.15) is 12.4 Å². The van der Waals surface area contributed by atoms with Gasteiger partial charge in [-0.3, -0.25) is 0 Å². The van der Waals surface area contributed by atoms with Crippen LogP contribution in [0.15, 0.2) is 54.6 Å². The van der Waals surface area contributed by atoms with Crippen LogP contribution in [0.5, 0.6) is 11.5 Å². The SMILES string of the molecule is CCOc1cc(CNCCc2ccc(F)cc2)c(Cl)cc1OCc1ccc(Cl)c(Cl)c1. The summed E-state index contributed by atoms with van der Waals surface area (Å²) >= 11 is 18.5. The Morgan fingerprint density at radius 1 is 0.806 bits per heavy atom. The Morgan fingerprint density at radius 3 is 2.23 bits per heavy atom. The van der Waals surface area contributed by atoms with Gasteiger partial charge in [-0.05, 0) is 66.9 Å². The van der Waals surface area contributed by atoms with E-state index in [1.165, 1.54) is 12.1 Å². The van der Waals surface area contributed by atoms with E-state index >= 15 is 0 Å². The van der Waals surface area contributed by atoms with Gasteiger partial charge in [0, 0.05) is 17.6 Å². The van der Waals surface area contributed by atoms with Gasteiger partial charge < -0.3 is 14.8 Å². The minimum Gasteiger partial charge on any atom is -0.490 e. The molecule has 1 N–H and O–H groups in total. The van der Waals surface area contributed by atoms with Gasteiger partial charge in [-0.15, -0.1) is 0 Å². The van der Waals surface area contributed by atoms with Crippen molar-refractivity contribution in [3.8, 4) is 11.5 Å². The molecule has 0 fully saturated rings. The van der Waals surface area contributed by atoms with Crippen molar-refractivity contribution in [3.63, 3.8) is 0 Å². The lowest BCUT2D eigenvalue weighted by Crippen LogP contribution is -2.17. The van der Waals surface area contributed by atoms with E-state index in [1.54, 1.807) is 30.3 Å². The summed E-state index contributed by atoms with van der Waals surface area (Å²) in [5.74, 6) is 0.962. The Kier molecular flexibility index (Phi) is 8.85. The molecule has 0 saturated heterocycles. The van der Waals surface area contributed by atoms with Crippen molar-refractivity contribution in [3.05, 3.63) is 92.2 Å². The highest BCUT2D eigenvalue weighted by Crippen LogP contribution is 2.34. The molecule has 0 spiro atoms. The molecule has 0 aliphatic carbocycles. The number of rotatable bonds is 10. The highest BCUT2D eigenvalue weighted by molar-refractivity contribution is 6.42. The Balaban J connectivity index is 1.61. The number of hydrogen-bond acceptors (Lipinski definition) is 3. The van der Waals surface area contributed by atoms with Crippen LogP contribution in [0.3, 0.4) is 0 Å². The normalized spacial score (nSPS) is 10.9. The smallest absolute Gasteiger partial charge is 0.163 e. The van der Waals surface area contributed by atoms with E-state index in [1.807, 2.05) is 19.1 Å². The molecule has 0 unspecified atom stereocenters. The zero-order chi connectivity index (χ0) is 22.2. The zero-order valence-electron chi connectivity index (χ0n) is 17.1. The molecule has 3 rings (SSSR count). The van der Waals surface area contributed by atoms with Gasteiger partial charge in [0.05, 0.1) is 16.7 Å². The fraction of sp³-hybridized carbons (Fsp3) is 0.250. The Morgan fingerprint density at radius 2 is 1.52 bits per heavy atom. The molecule has 3 aromatic rings. The highest BCUT2D eigenvalue weighted by Gasteiger charge is 2.12. The topological polar surface area (TPSA) is 30.5 Å². The number of ether oxygens (including phenoxy) is 2. The maximum Gasteiger partial charge on any atom is 0.163 e. The van der Waals surface area contributed by atoms with Crippen LogP contribution in [0.4, 0.5) is 4.39 Å². The summed E-state index contributed by atoms with van der Waals surface area (Å²) in [7, 11) is 0. The summed E-state index contributed by atoms with van der Waals surface area (Å²) in [6.07, 6.45) is 0.793. The van der Waals surface area contributed by atoms with Crippen LogP contribution in [-0.4, -0.2) is 13.2 Å². The molecule has 3 aromatic carbocycles. The first-order chi connectivity index (χ1) is 15.0. The van der Waals surface area contributed by atoms with E-state index in [2.05, 4.69) is 5.32 Å². The predicted octanol–water partition coefficient (Wildman–Crippen LogP) is 7.10. The Labute approximate surface area is 197 Å². The molecule has 0 heterocycles. The summed E-state index contributed by atoms with van der Waals surface area (Å²) in [5.41, 5.74) is 2.87. The first-order valence-corrected chi connectivity index (χ1v) is 11.1. The molecule has 31 heavy (non-hydrogen) atoms. The van der Waals surface area contributed by atoms with Gasteiger partial charge in [-0.25, -0.2) is 4.39 Å². The third-order valence-corrected chi connectivity index (χ3v) is 5.70. The fourth-order valence-corrected chi connectivity index (χ4v) is 3.53. The summed E-state index contributed by atoms with van der Waals surface area (Å²) < 4.78 is 24.7. The second kappa shape index (κ2) is 11.6. The monoisotopic (exact) mass is 481 g/mol. The molecule has 3 nitrogen and oxygen atoms in total. The maximum absolute atomic E-state index is 13.0. The van der Waals surface area contributed by atoms with Crippen LogP contribution in [-0.2, 0) is 19.6 Å². The minimum absolute atomic E-state index is 0.228. The average Bonchev–Trinajstić information content (AvgIpc) is 2.75. The molecule has 0 aromatic heterocycles. The largest absolute Gasteiger partial charge is 0.490 e. The fourth-order valence-electron chi connectivity index (χ4n) is 2.99. The van der Waals surface area contributed by atoms with Crippen LogP contribution in [0, 0.1) is 5.82 Å². The van der Waals surface area contributed by atoms with Crippen LogP contribution in [0.25, 0.3) is 0 Å². The van der Waals surface area contributed by atoms with Crippen molar-refractivity contribution in [1.82, 2.24) is 5.32 Å². The lowest BCUT2D eigenvalue weighted by atomic mass is 10.1. The lowest BCUT2D eigenvalue weighted by Gasteiger charge is -2.15. The minimum atomic E-state index is -0.228. The molecular weight excluding hydrogens is 460 g/mol. The van der Waals surface area contributed by atoms with Crippen LogP contribution < -0.4 is 14.8 Å². The zero-order valence-corrected chi connectivity index (χ0v) is 19.3. The predicted molar refractivity (Wildman–Crippen MR) is 125 cm³/mol. The third-order valence-electron chi connectivity index (χ3n) is 4.61. The van der Waals surface area contributed by atoms with E-state index in [0.29, 0.717) is 46.3 Å². The van der Waals surface area contributed by atoms with Gasteiger partial charge in [0.25, 0.3) is 0 Å². The van der Waals surface area contributed by atoms with Crippen molar-refractivity contribution < 1.29 is 13.9 Å². The molecule has 0 bridgehead atoms. The van der Waals surface area contributed by atoms with Gasteiger partial charge >= 0.3 is 0 Å². The summed E-state index contributed by atoms with van der Waals surface area (Å²) in [5, 5.41) is 4.93. The van der Waals surface area contributed by atoms with Crippen molar-refractivity contribution in [1.29, 1.82) is 0 Å². The third kappa shape index (κ3) is 7.01. The molecule has 0 aliphatic heterocycles. The van der Waals surface area contributed by atoms with Gasteiger partial charge in [-0.1, -0.05) is 53.0 Å². The van der Waals surface area contributed by atoms with E-state index in [4.69, 9.17) is 44.3 Å². The second-order valence-corrected chi connectivity index (χ2v) is 8.14. The molecule has 0 aliphatic rings. The van der Waals surface area contributed by atoms with E-state index < -0.39 is 0 Å². The molecule has 0 radical (unpaired) electrons. The Bertz CT molecular complexity index is 1010. The molecule has 7 heteroatoms. The number of benzene rings is 3. The molecule has 0 saturated carbocycles. The van der Waals surface area contributed by atoms with Crippen LogP contribution in [0.2, 0.25) is 15.1 Å². The van der Waals surface area contributed by atoms with E-state index in [0.717, 1.165) is 29.7 Å². The number of hydrogen-bond donors (Lipinski definition) is 1. The number of nitrogens with one attached hydrogen (secondary N) is 1. The first-order valence-electron chi connectivity index (χ1n) is 9.93.